The van der Waals surface area contributed by atoms with Crippen LogP contribution in [0.3, 0.4) is 0 Å². The lowest BCUT2D eigenvalue weighted by Gasteiger charge is -2.47. The van der Waals surface area contributed by atoms with E-state index in [0.29, 0.717) is 19.8 Å². The SMILES string of the molecule is CC(=O)N(C(=O)OC(C)(C)C)[C@@H]1C(OCc2ccccc2)O[C@H](C)[C@H](C)[C@H]1OCc1ccccc1.C[C@@H]1[C@@H](OCc2ccccc2)[C@H](NC(=O)OC(C)(C)C)C(OCc2ccccc2)O[C@@H]1C. The first kappa shape index (κ1) is 52.8. The fourth-order valence-electron chi connectivity index (χ4n) is 7.78. The second-order valence-electron chi connectivity index (χ2n) is 19.3. The molecule has 364 valence electrons. The number of hydrogen-bond acceptors (Lipinski definition) is 11. The number of ether oxygens (including phenoxy) is 8. The number of amides is 3. The number of nitrogens with one attached hydrogen (secondary N) is 1. The van der Waals surface area contributed by atoms with E-state index in [2.05, 4.69) is 12.2 Å². The number of hydrogen-bond donors (Lipinski definition) is 1. The fourth-order valence-corrected chi connectivity index (χ4v) is 7.78. The van der Waals surface area contributed by atoms with Gasteiger partial charge in [0.25, 0.3) is 0 Å². The summed E-state index contributed by atoms with van der Waals surface area (Å²) >= 11 is 0. The number of rotatable bonds is 14. The van der Waals surface area contributed by atoms with E-state index < -0.39 is 60.1 Å². The van der Waals surface area contributed by atoms with Gasteiger partial charge in [0.2, 0.25) is 5.91 Å². The van der Waals surface area contributed by atoms with Crippen LogP contribution < -0.4 is 5.32 Å². The van der Waals surface area contributed by atoms with Crippen LogP contribution in [-0.2, 0) is 69.1 Å². The maximum absolute atomic E-state index is 13.2. The summed E-state index contributed by atoms with van der Waals surface area (Å²) in [7, 11) is 0. The van der Waals surface area contributed by atoms with E-state index in [-0.39, 0.29) is 36.8 Å². The monoisotopic (exact) mass is 925 g/mol. The van der Waals surface area contributed by atoms with Crippen LogP contribution in [0.1, 0.15) is 98.4 Å². The van der Waals surface area contributed by atoms with Crippen molar-refractivity contribution in [1.82, 2.24) is 10.2 Å². The van der Waals surface area contributed by atoms with Gasteiger partial charge >= 0.3 is 12.2 Å². The van der Waals surface area contributed by atoms with Crippen molar-refractivity contribution in [3.63, 3.8) is 0 Å². The fraction of sp³-hybridized carbons (Fsp3) is 0.500. The van der Waals surface area contributed by atoms with Crippen LogP contribution in [0, 0.1) is 11.8 Å². The molecule has 10 atom stereocenters. The van der Waals surface area contributed by atoms with Crippen molar-refractivity contribution in [1.29, 1.82) is 0 Å². The Bertz CT molecular complexity index is 2100. The molecule has 1 N–H and O–H groups in total. The largest absolute Gasteiger partial charge is 0.444 e. The van der Waals surface area contributed by atoms with Gasteiger partial charge < -0.3 is 43.2 Å². The molecule has 2 saturated heterocycles. The number of carbonyl (C=O) groups excluding carboxylic acids is 3. The maximum atomic E-state index is 13.2. The van der Waals surface area contributed by atoms with Crippen LogP contribution in [0.25, 0.3) is 0 Å². The third kappa shape index (κ3) is 16.5. The van der Waals surface area contributed by atoms with Gasteiger partial charge in [-0.05, 0) is 77.6 Å². The molecule has 2 aliphatic heterocycles. The predicted molar refractivity (Wildman–Crippen MR) is 255 cm³/mol. The van der Waals surface area contributed by atoms with Crippen molar-refractivity contribution in [3.05, 3.63) is 144 Å². The highest BCUT2D eigenvalue weighted by molar-refractivity contribution is 5.91. The minimum atomic E-state index is -0.890. The van der Waals surface area contributed by atoms with Crippen molar-refractivity contribution in [2.45, 2.75) is 163 Å². The molecule has 2 aliphatic rings. The van der Waals surface area contributed by atoms with Crippen LogP contribution in [0.15, 0.2) is 121 Å². The zero-order valence-corrected chi connectivity index (χ0v) is 41.1. The van der Waals surface area contributed by atoms with Crippen molar-refractivity contribution in [3.8, 4) is 0 Å². The number of alkyl carbamates (subject to hydrolysis) is 1. The van der Waals surface area contributed by atoms with Crippen molar-refractivity contribution in [2.75, 3.05) is 0 Å². The highest BCUT2D eigenvalue weighted by Crippen LogP contribution is 2.35. The van der Waals surface area contributed by atoms with E-state index in [4.69, 9.17) is 37.9 Å². The second-order valence-corrected chi connectivity index (χ2v) is 19.3. The molecule has 0 aliphatic carbocycles. The van der Waals surface area contributed by atoms with Crippen LogP contribution in [0.2, 0.25) is 0 Å². The molecule has 4 aromatic rings. The van der Waals surface area contributed by atoms with Crippen molar-refractivity contribution < 1.29 is 52.3 Å². The molecule has 0 bridgehead atoms. The molecule has 0 radical (unpaired) electrons. The van der Waals surface area contributed by atoms with E-state index in [1.54, 1.807) is 20.8 Å². The van der Waals surface area contributed by atoms with Crippen molar-refractivity contribution in [2.24, 2.45) is 11.8 Å². The lowest BCUT2D eigenvalue weighted by molar-refractivity contribution is -0.272. The zero-order valence-electron chi connectivity index (χ0n) is 41.1. The van der Waals surface area contributed by atoms with E-state index in [9.17, 15) is 14.4 Å². The first-order chi connectivity index (χ1) is 31.8. The topological polar surface area (TPSA) is 140 Å². The van der Waals surface area contributed by atoms with Gasteiger partial charge in [-0.3, -0.25) is 4.79 Å². The van der Waals surface area contributed by atoms with Gasteiger partial charge in [0.1, 0.15) is 23.3 Å². The Morgan fingerprint density at radius 2 is 0.881 bits per heavy atom. The van der Waals surface area contributed by atoms with Crippen molar-refractivity contribution >= 4 is 18.1 Å². The number of nitrogens with zero attached hydrogens (tertiary/aromatic N) is 1. The molecule has 0 spiro atoms. The van der Waals surface area contributed by atoms with Gasteiger partial charge in [0.05, 0.1) is 50.8 Å². The maximum Gasteiger partial charge on any atom is 0.417 e. The standard InChI is InChI=1S/C28H37NO6.C26H35NO5/c1-19-20(2)34-26(33-18-23-15-11-8-12-16-23)24(25(19)32-17-22-13-9-7-10-14-22)29(21(3)30)27(31)35-28(4,5)6;1-18-19(2)31-24(30-17-21-14-10-7-11-15-21)22(27-25(28)32-26(3,4)5)23(18)29-16-20-12-8-6-9-13-20/h7-16,19-20,24-26H,17-18H2,1-6H3;6-15,18-19,22-24H,16-17H2,1-5H3,(H,27,28)/t19-,20+,24-,25+,26?;18-,19+,22-,23+,24?/m00/s1. The molecule has 0 saturated carbocycles. The smallest absolute Gasteiger partial charge is 0.417 e. The minimum Gasteiger partial charge on any atom is -0.444 e. The summed E-state index contributed by atoms with van der Waals surface area (Å²) in [6.45, 7) is 21.5. The third-order valence-electron chi connectivity index (χ3n) is 11.5. The predicted octanol–water partition coefficient (Wildman–Crippen LogP) is 10.4. The van der Waals surface area contributed by atoms with E-state index in [1.165, 1.54) is 6.92 Å². The van der Waals surface area contributed by atoms with Crippen LogP contribution in [0.5, 0.6) is 0 Å². The van der Waals surface area contributed by atoms with Gasteiger partial charge in [0, 0.05) is 18.8 Å². The Labute approximate surface area is 397 Å². The molecule has 6 rings (SSSR count). The summed E-state index contributed by atoms with van der Waals surface area (Å²) in [6, 6.07) is 38.0. The molecule has 4 aromatic carbocycles. The average molecular weight is 925 g/mol. The summed E-state index contributed by atoms with van der Waals surface area (Å²) < 4.78 is 48.6. The van der Waals surface area contributed by atoms with Gasteiger partial charge in [-0.1, -0.05) is 135 Å². The highest BCUT2D eigenvalue weighted by Gasteiger charge is 2.50. The number of benzene rings is 4. The first-order valence-electron chi connectivity index (χ1n) is 23.2. The second kappa shape index (κ2) is 24.7. The molecule has 2 unspecified atom stereocenters. The molecule has 0 aromatic heterocycles. The summed E-state index contributed by atoms with van der Waals surface area (Å²) in [5.41, 5.74) is 2.65. The van der Waals surface area contributed by atoms with Gasteiger partial charge in [0.15, 0.2) is 12.6 Å². The summed E-state index contributed by atoms with van der Waals surface area (Å²) in [6.07, 6.45) is -4.00. The summed E-state index contributed by atoms with van der Waals surface area (Å²) in [4.78, 5) is 39.9. The van der Waals surface area contributed by atoms with E-state index in [1.807, 2.05) is 163 Å². The van der Waals surface area contributed by atoms with E-state index in [0.717, 1.165) is 27.2 Å². The Morgan fingerprint density at radius 1 is 0.522 bits per heavy atom. The Hall–Kier alpha value is -5.15. The van der Waals surface area contributed by atoms with Crippen LogP contribution in [-0.4, -0.2) is 83.3 Å². The first-order valence-corrected chi connectivity index (χ1v) is 23.2. The minimum absolute atomic E-state index is 0.0372. The molecular formula is C54H72N2O11. The Morgan fingerprint density at radius 3 is 1.28 bits per heavy atom. The third-order valence-corrected chi connectivity index (χ3v) is 11.5. The van der Waals surface area contributed by atoms with E-state index >= 15 is 0 Å². The molecule has 2 fully saturated rings. The van der Waals surface area contributed by atoms with Gasteiger partial charge in [-0.2, -0.15) is 0 Å². The van der Waals surface area contributed by atoms with Crippen LogP contribution in [0.4, 0.5) is 9.59 Å². The lowest BCUT2D eigenvalue weighted by atomic mass is 9.88. The molecule has 13 heteroatoms. The lowest BCUT2D eigenvalue weighted by Crippen LogP contribution is -2.64. The normalized spacial score (nSPS) is 25.2. The number of carbonyl (C=O) groups is 3. The number of imide groups is 1. The molecule has 2 heterocycles. The average Bonchev–Trinajstić information content (AvgIpc) is 3.27. The highest BCUT2D eigenvalue weighted by atomic mass is 16.7. The summed E-state index contributed by atoms with van der Waals surface area (Å²) in [5, 5.41) is 2.96. The van der Waals surface area contributed by atoms with Crippen LogP contribution >= 0.6 is 0 Å². The molecule has 13 nitrogen and oxygen atoms in total. The summed E-state index contributed by atoms with van der Waals surface area (Å²) in [5.74, 6) is -0.545. The molecule has 67 heavy (non-hydrogen) atoms. The molecule has 3 amide bonds. The van der Waals surface area contributed by atoms with Gasteiger partial charge in [-0.15, -0.1) is 0 Å². The molecular weight excluding hydrogens is 853 g/mol. The Kier molecular flexibility index (Phi) is 19.5. The quantitative estimate of drug-likeness (QED) is 0.129. The Balaban J connectivity index is 0.000000252. The van der Waals surface area contributed by atoms with Gasteiger partial charge in [-0.25, -0.2) is 14.5 Å². The zero-order chi connectivity index (χ0) is 48.7.